The summed E-state index contributed by atoms with van der Waals surface area (Å²) in [4.78, 5) is 24.6. The van der Waals surface area contributed by atoms with E-state index < -0.39 is 23.7 Å². The van der Waals surface area contributed by atoms with Crippen LogP contribution in [0.3, 0.4) is 0 Å². The van der Waals surface area contributed by atoms with E-state index in [0.29, 0.717) is 5.56 Å². The Balaban J connectivity index is 1.95. The first kappa shape index (κ1) is 16.6. The average Bonchev–Trinajstić information content (AvgIpc) is 2.78. The van der Waals surface area contributed by atoms with Crippen LogP contribution < -0.4 is 10.5 Å². The standard InChI is InChI=1S/C16H12BrN2O5/c17-10-3-1-9(2-4-10)14(20)8-16(22)12-7-11(19(23)24)5-6-13(12)18-15(16)21/h1-7,22-23H,8H2,(H,18,21)/q-1. The molecule has 8 heteroatoms. The molecule has 0 aromatic heterocycles. The van der Waals surface area contributed by atoms with E-state index in [2.05, 4.69) is 21.2 Å². The zero-order valence-electron chi connectivity index (χ0n) is 12.2. The predicted molar refractivity (Wildman–Crippen MR) is 89.7 cm³/mol. The Labute approximate surface area is 145 Å². The molecule has 3 N–H and O–H groups in total. The van der Waals surface area contributed by atoms with Gasteiger partial charge in [0.05, 0.1) is 12.1 Å². The van der Waals surface area contributed by atoms with Gasteiger partial charge in [-0.05, 0) is 30.3 Å². The zero-order valence-corrected chi connectivity index (χ0v) is 13.8. The van der Waals surface area contributed by atoms with Gasteiger partial charge in [0.25, 0.3) is 5.91 Å². The molecule has 0 saturated carbocycles. The summed E-state index contributed by atoms with van der Waals surface area (Å²) in [5, 5.41) is 32.9. The minimum Gasteiger partial charge on any atom is -0.733 e. The van der Waals surface area contributed by atoms with Gasteiger partial charge >= 0.3 is 0 Å². The maximum absolute atomic E-state index is 12.4. The molecule has 1 heterocycles. The number of benzene rings is 2. The van der Waals surface area contributed by atoms with Crippen LogP contribution in [0.4, 0.5) is 11.4 Å². The van der Waals surface area contributed by atoms with Crippen molar-refractivity contribution in [2.45, 2.75) is 12.0 Å². The van der Waals surface area contributed by atoms with Crippen molar-refractivity contribution in [1.29, 1.82) is 0 Å². The van der Waals surface area contributed by atoms with Crippen molar-refractivity contribution < 1.29 is 19.9 Å². The highest BCUT2D eigenvalue weighted by Crippen LogP contribution is 2.40. The molecule has 0 radical (unpaired) electrons. The minimum absolute atomic E-state index is 0.0744. The summed E-state index contributed by atoms with van der Waals surface area (Å²) in [7, 11) is 0. The normalized spacial score (nSPS) is 18.9. The van der Waals surface area contributed by atoms with Gasteiger partial charge in [-0.1, -0.05) is 28.1 Å². The summed E-state index contributed by atoms with van der Waals surface area (Å²) < 4.78 is 0.796. The molecule has 124 valence electrons. The van der Waals surface area contributed by atoms with E-state index in [4.69, 9.17) is 5.21 Å². The quantitative estimate of drug-likeness (QED) is 0.545. The minimum atomic E-state index is -2.11. The maximum Gasteiger partial charge on any atom is 0.261 e. The fraction of sp³-hybridized carbons (Fsp3) is 0.125. The lowest BCUT2D eigenvalue weighted by Gasteiger charge is -2.24. The van der Waals surface area contributed by atoms with E-state index >= 15 is 0 Å². The molecule has 0 saturated heterocycles. The Kier molecular flexibility index (Phi) is 4.14. The van der Waals surface area contributed by atoms with Crippen LogP contribution in [0.5, 0.6) is 0 Å². The number of carbonyl (C=O) groups is 2. The van der Waals surface area contributed by atoms with Crippen molar-refractivity contribution in [2.75, 3.05) is 10.5 Å². The van der Waals surface area contributed by atoms with E-state index in [0.717, 1.165) is 4.47 Å². The van der Waals surface area contributed by atoms with E-state index in [1.165, 1.54) is 18.2 Å². The molecule has 1 atom stereocenters. The molecule has 3 rings (SSSR count). The fourth-order valence-corrected chi connectivity index (χ4v) is 2.86. The Morgan fingerprint density at radius 1 is 1.25 bits per heavy atom. The maximum atomic E-state index is 12.4. The topological polar surface area (TPSA) is 113 Å². The molecule has 1 unspecified atom stereocenters. The lowest BCUT2D eigenvalue weighted by atomic mass is 9.88. The largest absolute Gasteiger partial charge is 0.733 e. The van der Waals surface area contributed by atoms with Crippen LogP contribution in [0.2, 0.25) is 0 Å². The Hall–Kier alpha value is -2.26. The van der Waals surface area contributed by atoms with E-state index in [-0.39, 0.29) is 22.2 Å². The highest BCUT2D eigenvalue weighted by molar-refractivity contribution is 9.10. The number of carbonyl (C=O) groups excluding carboxylic acids is 2. The van der Waals surface area contributed by atoms with Gasteiger partial charge in [0.15, 0.2) is 11.4 Å². The summed E-state index contributed by atoms with van der Waals surface area (Å²) in [6.07, 6.45) is -0.485. The second-order valence-electron chi connectivity index (χ2n) is 5.42. The fourth-order valence-electron chi connectivity index (χ4n) is 2.60. The molecule has 2 aromatic carbocycles. The van der Waals surface area contributed by atoms with Gasteiger partial charge in [0, 0.05) is 21.3 Å². The number of nitrogens with one attached hydrogen (secondary N) is 1. The average molecular weight is 392 g/mol. The number of ketones is 1. The van der Waals surface area contributed by atoms with Crippen LogP contribution in [-0.2, 0) is 10.4 Å². The van der Waals surface area contributed by atoms with Gasteiger partial charge in [0.2, 0.25) is 0 Å². The number of halogens is 1. The lowest BCUT2D eigenvalue weighted by Crippen LogP contribution is -2.36. The molecule has 7 nitrogen and oxygen atoms in total. The second-order valence-corrected chi connectivity index (χ2v) is 6.34. The van der Waals surface area contributed by atoms with Crippen LogP contribution in [-0.4, -0.2) is 22.0 Å². The van der Waals surface area contributed by atoms with Gasteiger partial charge in [-0.2, -0.15) is 0 Å². The molecule has 0 bridgehead atoms. The predicted octanol–water partition coefficient (Wildman–Crippen LogP) is 2.56. The van der Waals surface area contributed by atoms with Crippen LogP contribution in [0.1, 0.15) is 22.3 Å². The Bertz CT molecular complexity index is 822. The lowest BCUT2D eigenvalue weighted by molar-refractivity contribution is -0.133. The van der Waals surface area contributed by atoms with Gasteiger partial charge in [-0.25, -0.2) is 0 Å². The molecule has 1 aliphatic heterocycles. The highest BCUT2D eigenvalue weighted by Gasteiger charge is 2.47. The van der Waals surface area contributed by atoms with Gasteiger partial charge in [-0.15, -0.1) is 0 Å². The molecular weight excluding hydrogens is 380 g/mol. The number of rotatable bonds is 4. The number of anilines is 2. The van der Waals surface area contributed by atoms with E-state index in [9.17, 15) is 19.9 Å². The summed E-state index contributed by atoms with van der Waals surface area (Å²) in [5.74, 6) is -1.18. The van der Waals surface area contributed by atoms with Crippen LogP contribution >= 0.6 is 15.9 Å². The second kappa shape index (κ2) is 5.99. The van der Waals surface area contributed by atoms with Crippen LogP contribution in [0, 0.1) is 5.21 Å². The van der Waals surface area contributed by atoms with Crippen molar-refractivity contribution in [2.24, 2.45) is 0 Å². The monoisotopic (exact) mass is 391 g/mol. The Morgan fingerprint density at radius 3 is 2.54 bits per heavy atom. The number of aliphatic hydroxyl groups is 1. The SMILES string of the molecule is O=C(CC1(O)C(=O)Nc2ccc(N([O-])O)cc21)c1ccc(Br)cc1. The molecule has 24 heavy (non-hydrogen) atoms. The summed E-state index contributed by atoms with van der Waals surface area (Å²) in [6, 6.07) is 10.4. The van der Waals surface area contributed by atoms with Crippen molar-refractivity contribution in [1.82, 2.24) is 0 Å². The third-order valence-corrected chi connectivity index (χ3v) is 4.40. The molecule has 1 aliphatic rings. The van der Waals surface area contributed by atoms with Crippen molar-refractivity contribution >= 4 is 39.0 Å². The van der Waals surface area contributed by atoms with Gasteiger partial charge in [-0.3, -0.25) is 14.8 Å². The van der Waals surface area contributed by atoms with E-state index in [1.54, 1.807) is 24.3 Å². The first-order chi connectivity index (χ1) is 11.3. The zero-order chi connectivity index (χ0) is 17.5. The van der Waals surface area contributed by atoms with Crippen LogP contribution in [0.25, 0.3) is 0 Å². The third kappa shape index (κ3) is 2.80. The molecule has 0 aliphatic carbocycles. The smallest absolute Gasteiger partial charge is 0.261 e. The highest BCUT2D eigenvalue weighted by atomic mass is 79.9. The Morgan fingerprint density at radius 2 is 1.92 bits per heavy atom. The van der Waals surface area contributed by atoms with E-state index in [1.807, 2.05) is 0 Å². The molecule has 0 spiro atoms. The first-order valence-corrected chi connectivity index (χ1v) is 7.74. The number of amides is 1. The third-order valence-electron chi connectivity index (χ3n) is 3.88. The molecule has 2 aromatic rings. The van der Waals surface area contributed by atoms with Gasteiger partial charge < -0.3 is 20.9 Å². The van der Waals surface area contributed by atoms with Gasteiger partial charge in [0.1, 0.15) is 0 Å². The van der Waals surface area contributed by atoms with Crippen molar-refractivity contribution in [3.05, 3.63) is 63.3 Å². The number of fused-ring (bicyclic) bond motifs is 1. The summed E-state index contributed by atoms with van der Waals surface area (Å²) in [6.45, 7) is 0. The summed E-state index contributed by atoms with van der Waals surface area (Å²) in [5.41, 5.74) is -1.55. The van der Waals surface area contributed by atoms with Crippen molar-refractivity contribution in [3.63, 3.8) is 0 Å². The number of nitrogens with zero attached hydrogens (tertiary/aromatic N) is 1. The molecule has 1 amide bonds. The number of Topliss-reactive ketones (excluding diaryl/α,β-unsaturated/α-hetero) is 1. The first-order valence-electron chi connectivity index (χ1n) is 6.94. The molecular formula is C16H12BrN2O5-. The van der Waals surface area contributed by atoms with Crippen molar-refractivity contribution in [3.8, 4) is 0 Å². The summed E-state index contributed by atoms with van der Waals surface area (Å²) >= 11 is 3.26. The van der Waals surface area contributed by atoms with Crippen LogP contribution in [0.15, 0.2) is 46.9 Å². The molecule has 0 fully saturated rings. The number of hydrogen-bond donors (Lipinski definition) is 3. The number of hydrogen-bond acceptors (Lipinski definition) is 6.